The highest BCUT2D eigenvalue weighted by atomic mass is 16.5. The molecule has 20 heavy (non-hydrogen) atoms. The maximum Gasteiger partial charge on any atom is 0.122 e. The second-order valence-corrected chi connectivity index (χ2v) is 6.94. The highest BCUT2D eigenvalue weighted by molar-refractivity contribution is 5.57. The molecule has 1 aromatic rings. The fraction of sp³-hybridized carbons (Fsp3) is 0.556. The Kier molecular flexibility index (Phi) is 4.54. The van der Waals surface area contributed by atoms with Gasteiger partial charge in [-0.1, -0.05) is 31.6 Å². The first-order valence-electron chi connectivity index (χ1n) is 7.56. The molecule has 110 valence electrons. The summed E-state index contributed by atoms with van der Waals surface area (Å²) < 4.78 is 5.57. The first kappa shape index (κ1) is 15.1. The van der Waals surface area contributed by atoms with Crippen molar-refractivity contribution in [3.63, 3.8) is 0 Å². The van der Waals surface area contributed by atoms with E-state index in [4.69, 9.17) is 4.74 Å². The first-order valence-corrected chi connectivity index (χ1v) is 7.56. The molecular formula is C18H27NO. The standard InChI is InChI=1S/C18H27NO/c1-13(2)16(12-19-18(3,4)5)11-14-6-7-17-15(10-14)8-9-20-17/h6-7,10-11,13,19H,8-9,12H2,1-5H3. The molecule has 1 aliphatic rings. The van der Waals surface area contributed by atoms with E-state index in [0.717, 1.165) is 25.3 Å². The van der Waals surface area contributed by atoms with E-state index in [1.807, 2.05) is 0 Å². The quantitative estimate of drug-likeness (QED) is 0.893. The van der Waals surface area contributed by atoms with Crippen molar-refractivity contribution in [2.45, 2.75) is 46.6 Å². The van der Waals surface area contributed by atoms with Crippen LogP contribution >= 0.6 is 0 Å². The topological polar surface area (TPSA) is 21.3 Å². The Morgan fingerprint density at radius 1 is 1.35 bits per heavy atom. The number of fused-ring (bicyclic) bond motifs is 1. The lowest BCUT2D eigenvalue weighted by Gasteiger charge is -2.23. The lowest BCUT2D eigenvalue weighted by molar-refractivity contribution is 0.357. The molecule has 0 amide bonds. The normalized spacial score (nSPS) is 15.4. The molecule has 0 unspecified atom stereocenters. The summed E-state index contributed by atoms with van der Waals surface area (Å²) >= 11 is 0. The molecule has 0 atom stereocenters. The summed E-state index contributed by atoms with van der Waals surface area (Å²) in [5.41, 5.74) is 4.22. The van der Waals surface area contributed by atoms with Crippen LogP contribution in [0.1, 0.15) is 45.7 Å². The molecule has 2 nitrogen and oxygen atoms in total. The minimum absolute atomic E-state index is 0.153. The minimum atomic E-state index is 0.153. The van der Waals surface area contributed by atoms with E-state index < -0.39 is 0 Å². The van der Waals surface area contributed by atoms with Crippen molar-refractivity contribution >= 4 is 6.08 Å². The molecule has 1 N–H and O–H groups in total. The summed E-state index contributed by atoms with van der Waals surface area (Å²) in [5, 5.41) is 3.58. The van der Waals surface area contributed by atoms with Gasteiger partial charge in [0.25, 0.3) is 0 Å². The van der Waals surface area contributed by atoms with Crippen molar-refractivity contribution in [1.29, 1.82) is 0 Å². The number of benzene rings is 1. The molecule has 1 heterocycles. The number of hydrogen-bond donors (Lipinski definition) is 1. The fourth-order valence-electron chi connectivity index (χ4n) is 2.30. The van der Waals surface area contributed by atoms with Crippen molar-refractivity contribution in [3.8, 4) is 5.75 Å². The van der Waals surface area contributed by atoms with Crippen molar-refractivity contribution in [3.05, 3.63) is 34.9 Å². The van der Waals surface area contributed by atoms with Crippen LogP contribution in [0.3, 0.4) is 0 Å². The van der Waals surface area contributed by atoms with Crippen LogP contribution in [0.25, 0.3) is 6.08 Å². The predicted molar refractivity (Wildman–Crippen MR) is 86.2 cm³/mol. The highest BCUT2D eigenvalue weighted by Crippen LogP contribution is 2.27. The molecule has 0 radical (unpaired) electrons. The monoisotopic (exact) mass is 273 g/mol. The van der Waals surface area contributed by atoms with Gasteiger partial charge in [0, 0.05) is 18.5 Å². The van der Waals surface area contributed by atoms with E-state index >= 15 is 0 Å². The molecule has 0 saturated carbocycles. The third-order valence-corrected chi connectivity index (χ3v) is 3.63. The lowest BCUT2D eigenvalue weighted by atomic mass is 9.98. The third-order valence-electron chi connectivity index (χ3n) is 3.63. The van der Waals surface area contributed by atoms with Crippen LogP contribution in [0.4, 0.5) is 0 Å². The van der Waals surface area contributed by atoms with Gasteiger partial charge in [-0.2, -0.15) is 0 Å². The Hall–Kier alpha value is -1.28. The number of hydrogen-bond acceptors (Lipinski definition) is 2. The highest BCUT2D eigenvalue weighted by Gasteiger charge is 2.13. The fourth-order valence-corrected chi connectivity index (χ4v) is 2.30. The molecule has 0 bridgehead atoms. The Morgan fingerprint density at radius 2 is 2.10 bits per heavy atom. The van der Waals surface area contributed by atoms with Gasteiger partial charge in [0.15, 0.2) is 0 Å². The summed E-state index contributed by atoms with van der Waals surface area (Å²) in [4.78, 5) is 0. The van der Waals surface area contributed by atoms with Crippen LogP contribution in [0, 0.1) is 5.92 Å². The SMILES string of the molecule is CC(C)C(=Cc1ccc2c(c1)CCO2)CNC(C)(C)C. The van der Waals surface area contributed by atoms with Crippen molar-refractivity contribution in [1.82, 2.24) is 5.32 Å². The molecule has 0 spiro atoms. The summed E-state index contributed by atoms with van der Waals surface area (Å²) in [6, 6.07) is 6.52. The molecular weight excluding hydrogens is 246 g/mol. The van der Waals surface area contributed by atoms with Crippen LogP contribution in [0.15, 0.2) is 23.8 Å². The predicted octanol–water partition coefficient (Wildman–Crippen LogP) is 4.05. The Morgan fingerprint density at radius 3 is 2.75 bits per heavy atom. The van der Waals surface area contributed by atoms with Crippen LogP contribution in [-0.4, -0.2) is 18.7 Å². The van der Waals surface area contributed by atoms with Gasteiger partial charge < -0.3 is 10.1 Å². The van der Waals surface area contributed by atoms with Gasteiger partial charge in [0.1, 0.15) is 5.75 Å². The van der Waals surface area contributed by atoms with E-state index in [-0.39, 0.29) is 5.54 Å². The van der Waals surface area contributed by atoms with Crippen molar-refractivity contribution in [2.75, 3.05) is 13.2 Å². The van der Waals surface area contributed by atoms with Gasteiger partial charge in [-0.3, -0.25) is 0 Å². The average molecular weight is 273 g/mol. The molecule has 1 aliphatic heterocycles. The number of rotatable bonds is 4. The van der Waals surface area contributed by atoms with Crippen LogP contribution in [-0.2, 0) is 6.42 Å². The number of ether oxygens (including phenoxy) is 1. The van der Waals surface area contributed by atoms with E-state index in [9.17, 15) is 0 Å². The smallest absolute Gasteiger partial charge is 0.122 e. The zero-order valence-corrected chi connectivity index (χ0v) is 13.4. The van der Waals surface area contributed by atoms with Crippen molar-refractivity contribution in [2.24, 2.45) is 5.92 Å². The second-order valence-electron chi connectivity index (χ2n) is 6.94. The first-order chi connectivity index (χ1) is 9.35. The Balaban J connectivity index is 2.16. The molecule has 0 aliphatic carbocycles. The maximum absolute atomic E-state index is 5.57. The summed E-state index contributed by atoms with van der Waals surface area (Å²) in [5.74, 6) is 1.61. The Bertz CT molecular complexity index is 495. The van der Waals surface area contributed by atoms with Gasteiger partial charge in [-0.05, 0) is 49.9 Å². The molecule has 1 aromatic carbocycles. The van der Waals surface area contributed by atoms with Gasteiger partial charge in [0.05, 0.1) is 6.61 Å². The zero-order chi connectivity index (χ0) is 14.8. The van der Waals surface area contributed by atoms with E-state index in [1.165, 1.54) is 16.7 Å². The molecule has 2 rings (SSSR count). The zero-order valence-electron chi connectivity index (χ0n) is 13.4. The van der Waals surface area contributed by atoms with Crippen LogP contribution in [0.5, 0.6) is 5.75 Å². The van der Waals surface area contributed by atoms with Crippen LogP contribution in [0.2, 0.25) is 0 Å². The van der Waals surface area contributed by atoms with Crippen molar-refractivity contribution < 1.29 is 4.74 Å². The minimum Gasteiger partial charge on any atom is -0.493 e. The summed E-state index contributed by atoms with van der Waals surface area (Å²) in [7, 11) is 0. The van der Waals surface area contributed by atoms with E-state index in [2.05, 4.69) is 64.2 Å². The van der Waals surface area contributed by atoms with Gasteiger partial charge in [-0.25, -0.2) is 0 Å². The molecule has 2 heteroatoms. The number of nitrogens with one attached hydrogen (secondary N) is 1. The largest absolute Gasteiger partial charge is 0.493 e. The average Bonchev–Trinajstić information content (AvgIpc) is 2.80. The maximum atomic E-state index is 5.57. The molecule has 0 saturated heterocycles. The summed E-state index contributed by atoms with van der Waals surface area (Å²) in [6.07, 6.45) is 3.36. The van der Waals surface area contributed by atoms with E-state index in [0.29, 0.717) is 5.92 Å². The molecule has 0 fully saturated rings. The van der Waals surface area contributed by atoms with Crippen LogP contribution < -0.4 is 10.1 Å². The molecule has 0 aromatic heterocycles. The van der Waals surface area contributed by atoms with Gasteiger partial charge in [0.2, 0.25) is 0 Å². The lowest BCUT2D eigenvalue weighted by Crippen LogP contribution is -2.37. The summed E-state index contributed by atoms with van der Waals surface area (Å²) in [6.45, 7) is 12.9. The van der Waals surface area contributed by atoms with E-state index in [1.54, 1.807) is 0 Å². The third kappa shape index (κ3) is 4.11. The van der Waals surface area contributed by atoms with Gasteiger partial charge >= 0.3 is 0 Å². The second kappa shape index (κ2) is 6.01. The van der Waals surface area contributed by atoms with Gasteiger partial charge in [-0.15, -0.1) is 0 Å². The Labute approximate surface area is 123 Å².